The van der Waals surface area contributed by atoms with Crippen LogP contribution in [0.15, 0.2) is 12.2 Å². The first-order chi connectivity index (χ1) is 4.70. The Bertz CT molecular complexity index is 87.4. The van der Waals surface area contributed by atoms with Crippen LogP contribution in [-0.4, -0.2) is 23.4 Å². The Morgan fingerprint density at radius 1 is 1.00 bits per heavy atom. The van der Waals surface area contributed by atoms with Crippen molar-refractivity contribution in [3.8, 4) is 0 Å². The first-order valence-corrected chi connectivity index (χ1v) is 3.60. The predicted molar refractivity (Wildman–Crippen MR) is 41.6 cm³/mol. The van der Waals surface area contributed by atoms with E-state index in [1.54, 1.807) is 0 Å². The zero-order valence-corrected chi connectivity index (χ0v) is 6.62. The molecule has 2 heteroatoms. The van der Waals surface area contributed by atoms with E-state index < -0.39 is 0 Å². The van der Waals surface area contributed by atoms with Crippen molar-refractivity contribution in [2.75, 3.05) is 13.2 Å². The molecule has 0 heterocycles. The zero-order chi connectivity index (χ0) is 7.98. The summed E-state index contributed by atoms with van der Waals surface area (Å²) in [6.45, 7) is 4.21. The van der Waals surface area contributed by atoms with Crippen molar-refractivity contribution in [2.45, 2.75) is 13.8 Å². The van der Waals surface area contributed by atoms with Crippen LogP contribution in [-0.2, 0) is 0 Å². The van der Waals surface area contributed by atoms with E-state index in [4.69, 9.17) is 10.2 Å². The smallest absolute Gasteiger partial charge is 0.0491 e. The summed E-state index contributed by atoms with van der Waals surface area (Å²) in [5.41, 5.74) is 0. The third-order valence-electron chi connectivity index (χ3n) is 1.34. The van der Waals surface area contributed by atoms with Gasteiger partial charge in [-0.25, -0.2) is 0 Å². The van der Waals surface area contributed by atoms with Gasteiger partial charge in [-0.15, -0.1) is 0 Å². The van der Waals surface area contributed by atoms with E-state index in [2.05, 4.69) is 0 Å². The molecule has 0 aliphatic rings. The molecule has 0 aromatic heterocycles. The lowest BCUT2D eigenvalue weighted by molar-refractivity contribution is 0.254. The highest BCUT2D eigenvalue weighted by Gasteiger charge is 1.95. The number of hydrogen-bond acceptors (Lipinski definition) is 2. The molecule has 0 rings (SSSR count). The van der Waals surface area contributed by atoms with E-state index in [-0.39, 0.29) is 25.0 Å². The van der Waals surface area contributed by atoms with E-state index >= 15 is 0 Å². The minimum absolute atomic E-state index is 0.175. The van der Waals surface area contributed by atoms with Crippen molar-refractivity contribution >= 4 is 0 Å². The van der Waals surface area contributed by atoms with Crippen LogP contribution in [0.3, 0.4) is 0 Å². The highest BCUT2D eigenvalue weighted by molar-refractivity contribution is 4.89. The van der Waals surface area contributed by atoms with Crippen LogP contribution in [0.25, 0.3) is 0 Å². The predicted octanol–water partition coefficient (Wildman–Crippen LogP) is 0.799. The van der Waals surface area contributed by atoms with Gasteiger partial charge < -0.3 is 10.2 Å². The van der Waals surface area contributed by atoms with Crippen molar-refractivity contribution in [2.24, 2.45) is 11.8 Å². The molecule has 0 aromatic carbocycles. The standard InChI is InChI=1S/C8H16O2/c1-7(5-9)3-4-8(2)6-10/h3-4,7-10H,5-6H2,1-2H3/b4-3+. The monoisotopic (exact) mass is 144 g/mol. The molecule has 0 amide bonds. The number of rotatable bonds is 4. The Morgan fingerprint density at radius 2 is 1.30 bits per heavy atom. The van der Waals surface area contributed by atoms with Crippen LogP contribution in [0.2, 0.25) is 0 Å². The number of aliphatic hydroxyl groups excluding tert-OH is 2. The SMILES string of the molecule is CC(/C=C/C(C)CO)CO. The molecule has 0 saturated heterocycles. The van der Waals surface area contributed by atoms with Gasteiger partial charge in [0.1, 0.15) is 0 Å². The second kappa shape index (κ2) is 5.45. The normalized spacial score (nSPS) is 17.6. The Kier molecular flexibility index (Phi) is 5.26. The van der Waals surface area contributed by atoms with Gasteiger partial charge in [0.15, 0.2) is 0 Å². The molecule has 10 heavy (non-hydrogen) atoms. The minimum Gasteiger partial charge on any atom is -0.396 e. The van der Waals surface area contributed by atoms with Gasteiger partial charge >= 0.3 is 0 Å². The Balaban J connectivity index is 3.52. The largest absolute Gasteiger partial charge is 0.396 e. The average molecular weight is 144 g/mol. The molecule has 0 aliphatic carbocycles. The summed E-state index contributed by atoms with van der Waals surface area (Å²) in [5.74, 6) is 0.406. The average Bonchev–Trinajstić information content (AvgIpc) is 1.99. The van der Waals surface area contributed by atoms with Crippen molar-refractivity contribution in [3.05, 3.63) is 12.2 Å². The van der Waals surface area contributed by atoms with Crippen molar-refractivity contribution < 1.29 is 10.2 Å². The summed E-state index contributed by atoms with van der Waals surface area (Å²) < 4.78 is 0. The fraction of sp³-hybridized carbons (Fsp3) is 0.750. The van der Waals surface area contributed by atoms with Crippen LogP contribution >= 0.6 is 0 Å². The zero-order valence-electron chi connectivity index (χ0n) is 6.62. The molecular formula is C8H16O2. The number of aliphatic hydroxyl groups is 2. The topological polar surface area (TPSA) is 40.5 Å². The fourth-order valence-electron chi connectivity index (χ4n) is 0.501. The second-order valence-corrected chi connectivity index (χ2v) is 2.70. The molecule has 60 valence electrons. The van der Waals surface area contributed by atoms with Crippen molar-refractivity contribution in [1.29, 1.82) is 0 Å². The lowest BCUT2D eigenvalue weighted by Gasteiger charge is -2.02. The van der Waals surface area contributed by atoms with Gasteiger partial charge in [0.2, 0.25) is 0 Å². The third kappa shape index (κ3) is 4.53. The van der Waals surface area contributed by atoms with Crippen LogP contribution in [0.5, 0.6) is 0 Å². The maximum Gasteiger partial charge on any atom is 0.0491 e. The summed E-state index contributed by atoms with van der Waals surface area (Å²) >= 11 is 0. The molecule has 2 unspecified atom stereocenters. The van der Waals surface area contributed by atoms with Crippen molar-refractivity contribution in [1.82, 2.24) is 0 Å². The highest BCUT2D eigenvalue weighted by atomic mass is 16.3. The van der Waals surface area contributed by atoms with E-state index in [0.717, 1.165) is 0 Å². The van der Waals surface area contributed by atoms with Gasteiger partial charge in [0, 0.05) is 13.2 Å². The maximum absolute atomic E-state index is 8.61. The van der Waals surface area contributed by atoms with Gasteiger partial charge in [0.25, 0.3) is 0 Å². The first-order valence-electron chi connectivity index (χ1n) is 3.60. The van der Waals surface area contributed by atoms with Gasteiger partial charge in [-0.3, -0.25) is 0 Å². The van der Waals surface area contributed by atoms with E-state index in [0.29, 0.717) is 0 Å². The lowest BCUT2D eigenvalue weighted by Crippen LogP contribution is -1.99. The lowest BCUT2D eigenvalue weighted by atomic mass is 10.1. The second-order valence-electron chi connectivity index (χ2n) is 2.70. The van der Waals surface area contributed by atoms with Crippen molar-refractivity contribution in [3.63, 3.8) is 0 Å². The molecule has 0 bridgehead atoms. The van der Waals surface area contributed by atoms with Gasteiger partial charge in [-0.1, -0.05) is 26.0 Å². The summed E-state index contributed by atoms with van der Waals surface area (Å²) in [5, 5.41) is 17.2. The molecule has 0 aliphatic heterocycles. The van der Waals surface area contributed by atoms with Gasteiger partial charge in [0.05, 0.1) is 0 Å². The molecule has 0 spiro atoms. The Labute approximate surface area is 62.2 Å². The molecule has 0 fully saturated rings. The molecule has 0 radical (unpaired) electrons. The molecule has 0 saturated carbocycles. The van der Waals surface area contributed by atoms with Crippen LogP contribution in [0, 0.1) is 11.8 Å². The van der Waals surface area contributed by atoms with Crippen LogP contribution in [0.4, 0.5) is 0 Å². The van der Waals surface area contributed by atoms with E-state index in [1.165, 1.54) is 0 Å². The summed E-state index contributed by atoms with van der Waals surface area (Å²) in [6.07, 6.45) is 3.84. The minimum atomic E-state index is 0.175. The fourth-order valence-corrected chi connectivity index (χ4v) is 0.501. The van der Waals surface area contributed by atoms with Crippen LogP contribution < -0.4 is 0 Å². The highest BCUT2D eigenvalue weighted by Crippen LogP contribution is 2.00. The molecule has 2 nitrogen and oxygen atoms in total. The summed E-state index contributed by atoms with van der Waals surface area (Å²) in [6, 6.07) is 0. The van der Waals surface area contributed by atoms with E-state index in [1.807, 2.05) is 26.0 Å². The third-order valence-corrected chi connectivity index (χ3v) is 1.34. The number of hydrogen-bond donors (Lipinski definition) is 2. The first kappa shape index (κ1) is 9.66. The Hall–Kier alpha value is -0.340. The van der Waals surface area contributed by atoms with Gasteiger partial charge in [-0.05, 0) is 11.8 Å². The van der Waals surface area contributed by atoms with Crippen LogP contribution in [0.1, 0.15) is 13.8 Å². The summed E-state index contributed by atoms with van der Waals surface area (Å²) in [7, 11) is 0. The quantitative estimate of drug-likeness (QED) is 0.573. The maximum atomic E-state index is 8.61. The summed E-state index contributed by atoms with van der Waals surface area (Å²) in [4.78, 5) is 0. The molecule has 0 aromatic rings. The Morgan fingerprint density at radius 3 is 1.50 bits per heavy atom. The molecule has 2 atom stereocenters. The van der Waals surface area contributed by atoms with Gasteiger partial charge in [-0.2, -0.15) is 0 Å². The molecule has 2 N–H and O–H groups in total. The molecular weight excluding hydrogens is 128 g/mol. The van der Waals surface area contributed by atoms with E-state index in [9.17, 15) is 0 Å².